The lowest BCUT2D eigenvalue weighted by Crippen LogP contribution is -2.49. The van der Waals surface area contributed by atoms with Gasteiger partial charge in [0.25, 0.3) is 0 Å². The molecule has 1 aromatic heterocycles. The number of hydrogen-bond donors (Lipinski definition) is 2. The second-order valence-corrected chi connectivity index (χ2v) is 8.34. The highest BCUT2D eigenvalue weighted by Crippen LogP contribution is 2.22. The minimum absolute atomic E-state index is 0.0661. The quantitative estimate of drug-likeness (QED) is 0.726. The maximum atomic E-state index is 12.7. The van der Waals surface area contributed by atoms with Gasteiger partial charge in [-0.3, -0.25) is 14.5 Å². The minimum atomic E-state index is -0.114. The third kappa shape index (κ3) is 4.84. The zero-order valence-electron chi connectivity index (χ0n) is 17.8. The lowest BCUT2D eigenvalue weighted by molar-refractivity contribution is -0.138. The van der Waals surface area contributed by atoms with Crippen molar-refractivity contribution in [1.82, 2.24) is 20.1 Å². The van der Waals surface area contributed by atoms with Crippen molar-refractivity contribution in [2.45, 2.75) is 26.2 Å². The number of hydrogen-bond acceptors (Lipinski definition) is 4. The molecule has 0 aliphatic carbocycles. The number of piperidine rings is 1. The van der Waals surface area contributed by atoms with Crippen molar-refractivity contribution in [2.75, 3.05) is 52.5 Å². The molecule has 162 valence electrons. The van der Waals surface area contributed by atoms with Crippen molar-refractivity contribution in [1.29, 1.82) is 0 Å². The molecule has 0 radical (unpaired) electrons. The van der Waals surface area contributed by atoms with Crippen LogP contribution >= 0.6 is 0 Å². The second-order valence-electron chi connectivity index (χ2n) is 8.34. The molecule has 0 saturated carbocycles. The molecular weight excluding hydrogens is 380 g/mol. The fourth-order valence-electron chi connectivity index (χ4n) is 4.54. The summed E-state index contributed by atoms with van der Waals surface area (Å²) in [5, 5.41) is 4.33. The summed E-state index contributed by atoms with van der Waals surface area (Å²) in [6, 6.07) is 8.27. The molecule has 0 spiro atoms. The maximum absolute atomic E-state index is 12.7. The van der Waals surface area contributed by atoms with E-state index in [9.17, 15) is 9.59 Å². The van der Waals surface area contributed by atoms with Gasteiger partial charge >= 0.3 is 0 Å². The first kappa shape index (κ1) is 20.9. The highest BCUT2D eigenvalue weighted by atomic mass is 16.5. The van der Waals surface area contributed by atoms with E-state index in [1.807, 2.05) is 17.0 Å². The predicted octanol–water partition coefficient (Wildman–Crippen LogP) is 1.71. The number of ether oxygens (including phenoxy) is 1. The van der Waals surface area contributed by atoms with E-state index in [1.54, 1.807) is 0 Å². The maximum Gasteiger partial charge on any atom is 0.224 e. The minimum Gasteiger partial charge on any atom is -0.379 e. The van der Waals surface area contributed by atoms with Crippen molar-refractivity contribution < 1.29 is 14.3 Å². The molecule has 2 N–H and O–H groups in total. The van der Waals surface area contributed by atoms with Crippen LogP contribution in [-0.4, -0.2) is 79.1 Å². The van der Waals surface area contributed by atoms with E-state index in [-0.39, 0.29) is 17.7 Å². The van der Waals surface area contributed by atoms with Gasteiger partial charge in [-0.15, -0.1) is 0 Å². The number of carbonyl (C=O) groups excluding carboxylic acids is 2. The molecule has 2 amide bonds. The number of nitrogens with zero attached hydrogens (tertiary/aromatic N) is 2. The Morgan fingerprint density at radius 1 is 1.23 bits per heavy atom. The number of rotatable bonds is 7. The SMILES string of the molecule is Cc1[nH]c2ccccc2c1CCNC(=O)[C@@H]1CCC(=O)N(CCN2CCOCC2)C1. The molecule has 1 atom stereocenters. The number of para-hydroxylation sites is 1. The number of aromatic nitrogens is 1. The van der Waals surface area contributed by atoms with Crippen LogP contribution in [0.15, 0.2) is 24.3 Å². The smallest absolute Gasteiger partial charge is 0.224 e. The molecule has 30 heavy (non-hydrogen) atoms. The largest absolute Gasteiger partial charge is 0.379 e. The molecule has 2 aromatic rings. The zero-order valence-corrected chi connectivity index (χ0v) is 17.8. The monoisotopic (exact) mass is 412 g/mol. The average molecular weight is 413 g/mol. The van der Waals surface area contributed by atoms with Crippen molar-refractivity contribution >= 4 is 22.7 Å². The zero-order chi connectivity index (χ0) is 20.9. The van der Waals surface area contributed by atoms with E-state index in [1.165, 1.54) is 10.9 Å². The number of nitrogens with one attached hydrogen (secondary N) is 2. The van der Waals surface area contributed by atoms with Crippen LogP contribution in [0.5, 0.6) is 0 Å². The summed E-state index contributed by atoms with van der Waals surface area (Å²) < 4.78 is 5.38. The Morgan fingerprint density at radius 2 is 2.03 bits per heavy atom. The van der Waals surface area contributed by atoms with Gasteiger partial charge in [0.05, 0.1) is 19.1 Å². The Kier molecular flexibility index (Phi) is 6.69. The second kappa shape index (κ2) is 9.62. The van der Waals surface area contributed by atoms with Crippen LogP contribution in [0.1, 0.15) is 24.1 Å². The first-order valence-corrected chi connectivity index (χ1v) is 11.0. The molecule has 3 heterocycles. The van der Waals surface area contributed by atoms with Crippen molar-refractivity contribution in [3.8, 4) is 0 Å². The standard InChI is InChI=1S/C23H32N4O3/c1-17-19(20-4-2-3-5-21(20)25-17)8-9-24-23(29)18-6-7-22(28)27(16-18)11-10-26-12-14-30-15-13-26/h2-5,18,25H,6-16H2,1H3,(H,24,29)/t18-/m1/s1. The van der Waals surface area contributed by atoms with Gasteiger partial charge in [-0.25, -0.2) is 0 Å². The van der Waals surface area contributed by atoms with E-state index in [0.29, 0.717) is 32.5 Å². The van der Waals surface area contributed by atoms with Gasteiger partial charge in [-0.1, -0.05) is 18.2 Å². The first-order chi connectivity index (χ1) is 14.6. The number of fused-ring (bicyclic) bond motifs is 1. The summed E-state index contributed by atoms with van der Waals surface area (Å²) >= 11 is 0. The highest BCUT2D eigenvalue weighted by Gasteiger charge is 2.30. The van der Waals surface area contributed by atoms with E-state index in [4.69, 9.17) is 4.74 Å². The van der Waals surface area contributed by atoms with Gasteiger partial charge in [0, 0.05) is 62.3 Å². The van der Waals surface area contributed by atoms with Crippen LogP contribution in [0.25, 0.3) is 10.9 Å². The predicted molar refractivity (Wildman–Crippen MR) is 116 cm³/mol. The van der Waals surface area contributed by atoms with Gasteiger partial charge in [-0.2, -0.15) is 0 Å². The van der Waals surface area contributed by atoms with Gasteiger partial charge in [0.2, 0.25) is 11.8 Å². The lowest BCUT2D eigenvalue weighted by atomic mass is 9.96. The fourth-order valence-corrected chi connectivity index (χ4v) is 4.54. The molecule has 2 aliphatic rings. The molecular formula is C23H32N4O3. The van der Waals surface area contributed by atoms with Gasteiger partial charge in [0.15, 0.2) is 0 Å². The molecule has 0 unspecified atom stereocenters. The molecule has 2 aliphatic heterocycles. The average Bonchev–Trinajstić information content (AvgIpc) is 3.09. The Labute approximate surface area is 177 Å². The summed E-state index contributed by atoms with van der Waals surface area (Å²) in [4.78, 5) is 32.7. The van der Waals surface area contributed by atoms with Crippen LogP contribution in [0.3, 0.4) is 0 Å². The highest BCUT2D eigenvalue weighted by molar-refractivity contribution is 5.85. The van der Waals surface area contributed by atoms with Crippen molar-refractivity contribution in [2.24, 2.45) is 5.92 Å². The summed E-state index contributed by atoms with van der Waals surface area (Å²) in [5.41, 5.74) is 3.55. The van der Waals surface area contributed by atoms with E-state index in [0.717, 1.165) is 50.5 Å². The van der Waals surface area contributed by atoms with Crippen LogP contribution in [-0.2, 0) is 20.7 Å². The molecule has 4 rings (SSSR count). The van der Waals surface area contributed by atoms with Crippen LogP contribution in [0, 0.1) is 12.8 Å². The summed E-state index contributed by atoms with van der Waals surface area (Å²) in [5.74, 6) is 0.120. The molecule has 7 heteroatoms. The summed E-state index contributed by atoms with van der Waals surface area (Å²) in [6.45, 7) is 8.11. The van der Waals surface area contributed by atoms with Crippen LogP contribution in [0.2, 0.25) is 0 Å². The molecule has 0 bridgehead atoms. The van der Waals surface area contributed by atoms with Gasteiger partial charge < -0.3 is 19.9 Å². The summed E-state index contributed by atoms with van der Waals surface area (Å²) in [7, 11) is 0. The van der Waals surface area contributed by atoms with Gasteiger partial charge in [0.1, 0.15) is 0 Å². The number of carbonyl (C=O) groups is 2. The van der Waals surface area contributed by atoms with E-state index >= 15 is 0 Å². The van der Waals surface area contributed by atoms with Gasteiger partial charge in [-0.05, 0) is 31.4 Å². The third-order valence-corrected chi connectivity index (χ3v) is 6.36. The Bertz CT molecular complexity index is 888. The number of morpholine rings is 1. The van der Waals surface area contributed by atoms with Crippen molar-refractivity contribution in [3.05, 3.63) is 35.5 Å². The number of aryl methyl sites for hydroxylation is 1. The molecule has 2 fully saturated rings. The van der Waals surface area contributed by atoms with Crippen molar-refractivity contribution in [3.63, 3.8) is 0 Å². The number of likely N-dealkylation sites (tertiary alicyclic amines) is 1. The fraction of sp³-hybridized carbons (Fsp3) is 0.565. The number of aromatic amines is 1. The Morgan fingerprint density at radius 3 is 2.87 bits per heavy atom. The summed E-state index contributed by atoms with van der Waals surface area (Å²) in [6.07, 6.45) is 1.90. The molecule has 1 aromatic carbocycles. The van der Waals surface area contributed by atoms with E-state index in [2.05, 4.69) is 34.3 Å². The molecule has 7 nitrogen and oxygen atoms in total. The normalized spacial score (nSPS) is 20.6. The van der Waals surface area contributed by atoms with E-state index < -0.39 is 0 Å². The Balaban J connectivity index is 1.26. The number of benzene rings is 1. The first-order valence-electron chi connectivity index (χ1n) is 11.0. The Hall–Kier alpha value is -2.38. The number of H-pyrrole nitrogens is 1. The lowest BCUT2D eigenvalue weighted by Gasteiger charge is -2.34. The van der Waals surface area contributed by atoms with Crippen LogP contribution < -0.4 is 5.32 Å². The number of amides is 2. The topological polar surface area (TPSA) is 77.7 Å². The third-order valence-electron chi connectivity index (χ3n) is 6.36. The molecule has 2 saturated heterocycles. The van der Waals surface area contributed by atoms with Crippen LogP contribution in [0.4, 0.5) is 0 Å².